The van der Waals surface area contributed by atoms with Gasteiger partial charge in [-0.05, 0) is 37.4 Å². The molecule has 0 spiro atoms. The lowest BCUT2D eigenvalue weighted by molar-refractivity contribution is 0.276. The number of nitrogens with zero attached hydrogens (tertiary/aromatic N) is 3. The topological polar surface area (TPSA) is 90.2 Å². The Kier molecular flexibility index (Phi) is 3.92. The largest absolute Gasteiger partial charge is 0.404 e. The summed E-state index contributed by atoms with van der Waals surface area (Å²) in [5.41, 5.74) is 14.6. The van der Waals surface area contributed by atoms with E-state index in [1.807, 2.05) is 24.3 Å². The average molecular weight is 281 g/mol. The van der Waals surface area contributed by atoms with Crippen LogP contribution in [0.25, 0.3) is 16.6 Å². The third kappa shape index (κ3) is 2.92. The van der Waals surface area contributed by atoms with E-state index in [1.54, 1.807) is 12.4 Å². The summed E-state index contributed by atoms with van der Waals surface area (Å²) in [5.74, 6) is 0.623. The van der Waals surface area contributed by atoms with Crippen molar-refractivity contribution in [1.82, 2.24) is 9.97 Å². The van der Waals surface area contributed by atoms with Gasteiger partial charge in [-0.1, -0.05) is 12.1 Å². The fourth-order valence-corrected chi connectivity index (χ4v) is 2.49. The van der Waals surface area contributed by atoms with E-state index in [4.69, 9.17) is 11.5 Å². The molecule has 1 heterocycles. The molecule has 2 aromatic rings. The van der Waals surface area contributed by atoms with Crippen molar-refractivity contribution in [2.24, 2.45) is 22.4 Å². The van der Waals surface area contributed by atoms with E-state index in [2.05, 4.69) is 15.0 Å². The SMILES string of the molecule is NC=C(C=NC1CC(CN)C1)c1cnc2ccccc2n1. The van der Waals surface area contributed by atoms with Gasteiger partial charge in [-0.15, -0.1) is 0 Å². The second-order valence-electron chi connectivity index (χ2n) is 5.37. The van der Waals surface area contributed by atoms with Gasteiger partial charge in [-0.3, -0.25) is 9.98 Å². The second kappa shape index (κ2) is 6.01. The van der Waals surface area contributed by atoms with Gasteiger partial charge in [0.05, 0.1) is 29.0 Å². The van der Waals surface area contributed by atoms with Crippen LogP contribution in [0.5, 0.6) is 0 Å². The Bertz CT molecular complexity index is 686. The quantitative estimate of drug-likeness (QED) is 0.835. The van der Waals surface area contributed by atoms with Gasteiger partial charge in [0.1, 0.15) is 0 Å². The van der Waals surface area contributed by atoms with Crippen molar-refractivity contribution in [2.45, 2.75) is 18.9 Å². The summed E-state index contributed by atoms with van der Waals surface area (Å²) in [6.45, 7) is 0.752. The molecule has 0 unspecified atom stereocenters. The van der Waals surface area contributed by atoms with Crippen LogP contribution in [0.1, 0.15) is 18.5 Å². The van der Waals surface area contributed by atoms with Gasteiger partial charge in [0.2, 0.25) is 0 Å². The van der Waals surface area contributed by atoms with Crippen molar-refractivity contribution in [2.75, 3.05) is 6.54 Å². The number of benzene rings is 1. The number of fused-ring (bicyclic) bond motifs is 1. The summed E-state index contributed by atoms with van der Waals surface area (Å²) in [7, 11) is 0. The lowest BCUT2D eigenvalue weighted by atomic mass is 9.81. The molecular formula is C16H19N5. The van der Waals surface area contributed by atoms with E-state index < -0.39 is 0 Å². The summed E-state index contributed by atoms with van der Waals surface area (Å²) in [4.78, 5) is 13.5. The molecule has 0 aliphatic heterocycles. The summed E-state index contributed by atoms with van der Waals surface area (Å²) in [6, 6.07) is 8.13. The fraction of sp³-hybridized carbons (Fsp3) is 0.312. The lowest BCUT2D eigenvalue weighted by Gasteiger charge is -2.31. The van der Waals surface area contributed by atoms with E-state index in [1.165, 1.54) is 6.20 Å². The maximum absolute atomic E-state index is 5.71. The third-order valence-corrected chi connectivity index (χ3v) is 3.89. The second-order valence-corrected chi connectivity index (χ2v) is 5.37. The number of rotatable bonds is 4. The number of hydrogen-bond donors (Lipinski definition) is 2. The maximum Gasteiger partial charge on any atom is 0.0922 e. The molecule has 1 aliphatic carbocycles. The van der Waals surface area contributed by atoms with Gasteiger partial charge >= 0.3 is 0 Å². The van der Waals surface area contributed by atoms with Crippen LogP contribution in [0.2, 0.25) is 0 Å². The smallest absolute Gasteiger partial charge is 0.0922 e. The fourth-order valence-electron chi connectivity index (χ4n) is 2.49. The van der Waals surface area contributed by atoms with Gasteiger partial charge in [0.25, 0.3) is 0 Å². The van der Waals surface area contributed by atoms with Gasteiger partial charge in [0.15, 0.2) is 0 Å². The standard InChI is InChI=1S/C16H19N5/c17-7-11-5-13(6-11)19-9-12(8-18)16-10-20-14-3-1-2-4-15(14)21-16/h1-4,8-11,13H,5-7,17-18H2. The molecule has 5 nitrogen and oxygen atoms in total. The van der Waals surface area contributed by atoms with Crippen LogP contribution >= 0.6 is 0 Å². The molecule has 5 heteroatoms. The van der Waals surface area contributed by atoms with E-state index in [-0.39, 0.29) is 0 Å². The lowest BCUT2D eigenvalue weighted by Crippen LogP contribution is -2.32. The Morgan fingerprint density at radius 1 is 1.29 bits per heavy atom. The van der Waals surface area contributed by atoms with Crippen molar-refractivity contribution < 1.29 is 0 Å². The number of aromatic nitrogens is 2. The normalized spacial score (nSPS) is 22.6. The molecule has 1 aromatic heterocycles. The van der Waals surface area contributed by atoms with Crippen LogP contribution in [0.3, 0.4) is 0 Å². The van der Waals surface area contributed by atoms with E-state index in [0.29, 0.717) is 12.0 Å². The number of allylic oxidation sites excluding steroid dienone is 1. The Labute approximate surface area is 123 Å². The van der Waals surface area contributed by atoms with Gasteiger partial charge in [-0.25, -0.2) is 4.98 Å². The molecule has 0 atom stereocenters. The number of aliphatic imine (C=N–C) groups is 1. The molecule has 0 bridgehead atoms. The zero-order chi connectivity index (χ0) is 14.7. The van der Waals surface area contributed by atoms with Gasteiger partial charge < -0.3 is 11.5 Å². The van der Waals surface area contributed by atoms with Crippen molar-refractivity contribution in [1.29, 1.82) is 0 Å². The molecule has 4 N–H and O–H groups in total. The van der Waals surface area contributed by atoms with Crippen LogP contribution in [0.4, 0.5) is 0 Å². The number of hydrogen-bond acceptors (Lipinski definition) is 5. The Balaban J connectivity index is 1.77. The number of nitrogens with two attached hydrogens (primary N) is 2. The Morgan fingerprint density at radius 3 is 2.76 bits per heavy atom. The number of para-hydroxylation sites is 2. The molecular weight excluding hydrogens is 262 g/mol. The van der Waals surface area contributed by atoms with Gasteiger partial charge in [0, 0.05) is 18.0 Å². The van der Waals surface area contributed by atoms with E-state index in [9.17, 15) is 0 Å². The van der Waals surface area contributed by atoms with Crippen molar-refractivity contribution in [3.05, 3.63) is 42.4 Å². The summed E-state index contributed by atoms with van der Waals surface area (Å²) in [5, 5.41) is 0. The first-order valence-corrected chi connectivity index (χ1v) is 7.17. The molecule has 0 saturated heterocycles. The summed E-state index contributed by atoms with van der Waals surface area (Å²) >= 11 is 0. The molecule has 1 fully saturated rings. The van der Waals surface area contributed by atoms with Crippen LogP contribution in [-0.4, -0.2) is 28.8 Å². The van der Waals surface area contributed by atoms with Crippen LogP contribution in [-0.2, 0) is 0 Å². The van der Waals surface area contributed by atoms with Crippen molar-refractivity contribution >= 4 is 22.8 Å². The highest BCUT2D eigenvalue weighted by Gasteiger charge is 2.26. The zero-order valence-electron chi connectivity index (χ0n) is 11.8. The average Bonchev–Trinajstić information content (AvgIpc) is 2.49. The minimum atomic E-state index is 0.363. The predicted molar refractivity (Wildman–Crippen MR) is 85.8 cm³/mol. The molecule has 1 aliphatic rings. The van der Waals surface area contributed by atoms with Crippen LogP contribution < -0.4 is 11.5 Å². The first-order chi connectivity index (χ1) is 10.3. The predicted octanol–water partition coefficient (Wildman–Crippen LogP) is 1.74. The molecule has 1 saturated carbocycles. The van der Waals surface area contributed by atoms with E-state index in [0.717, 1.165) is 41.7 Å². The minimum absolute atomic E-state index is 0.363. The minimum Gasteiger partial charge on any atom is -0.404 e. The molecule has 1 aromatic carbocycles. The zero-order valence-corrected chi connectivity index (χ0v) is 11.8. The maximum atomic E-state index is 5.71. The van der Waals surface area contributed by atoms with Crippen molar-refractivity contribution in [3.63, 3.8) is 0 Å². The van der Waals surface area contributed by atoms with Crippen molar-refractivity contribution in [3.8, 4) is 0 Å². The molecule has 0 radical (unpaired) electrons. The molecule has 108 valence electrons. The van der Waals surface area contributed by atoms with E-state index >= 15 is 0 Å². The highest BCUT2D eigenvalue weighted by atomic mass is 14.8. The summed E-state index contributed by atoms with van der Waals surface area (Å²) < 4.78 is 0. The monoisotopic (exact) mass is 281 g/mol. The summed E-state index contributed by atoms with van der Waals surface area (Å²) in [6.07, 6.45) is 7.19. The first-order valence-electron chi connectivity index (χ1n) is 7.17. The Morgan fingerprint density at radius 2 is 2.05 bits per heavy atom. The van der Waals surface area contributed by atoms with Crippen LogP contribution in [0.15, 0.2) is 41.7 Å². The van der Waals surface area contributed by atoms with Crippen LogP contribution in [0, 0.1) is 5.92 Å². The van der Waals surface area contributed by atoms with Gasteiger partial charge in [-0.2, -0.15) is 0 Å². The molecule has 21 heavy (non-hydrogen) atoms. The Hall–Kier alpha value is -2.27. The molecule has 3 rings (SSSR count). The first kappa shape index (κ1) is 13.7. The molecule has 0 amide bonds. The third-order valence-electron chi connectivity index (χ3n) is 3.89. The highest BCUT2D eigenvalue weighted by molar-refractivity contribution is 6.09. The highest BCUT2D eigenvalue weighted by Crippen LogP contribution is 2.29.